The Bertz CT molecular complexity index is 563. The second-order valence-corrected chi connectivity index (χ2v) is 7.61. The molecule has 1 aromatic rings. The lowest BCUT2D eigenvalue weighted by molar-refractivity contribution is 0.144. The molecule has 0 fully saturated rings. The maximum Gasteiger partial charge on any atom is 0.511 e. The van der Waals surface area contributed by atoms with E-state index in [1.165, 1.54) is 55.2 Å². The molecule has 0 radical (unpaired) electrons. The van der Waals surface area contributed by atoms with E-state index < -0.39 is 6.16 Å². The zero-order valence-corrected chi connectivity index (χ0v) is 18.0. The molecule has 0 unspecified atom stereocenters. The van der Waals surface area contributed by atoms with Crippen LogP contribution >= 0.6 is 0 Å². The van der Waals surface area contributed by atoms with Crippen LogP contribution in [0.1, 0.15) is 108 Å². The van der Waals surface area contributed by atoms with Crippen molar-refractivity contribution in [3.63, 3.8) is 0 Å². The summed E-state index contributed by atoms with van der Waals surface area (Å²) in [5.41, 5.74) is 5.26. The smallest absolute Gasteiger partial charge is 0.449 e. The quantitative estimate of drug-likeness (QED) is 0.208. The van der Waals surface area contributed by atoms with Crippen LogP contribution in [0.25, 0.3) is 0 Å². The summed E-state index contributed by atoms with van der Waals surface area (Å²) in [6.07, 6.45) is 13.6. The highest BCUT2D eigenvalue weighted by Crippen LogP contribution is 2.33. The van der Waals surface area contributed by atoms with E-state index in [0.717, 1.165) is 50.5 Å². The first-order valence-corrected chi connectivity index (χ1v) is 11.2. The van der Waals surface area contributed by atoms with Crippen LogP contribution in [0.15, 0.2) is 6.07 Å². The summed E-state index contributed by atoms with van der Waals surface area (Å²) in [5.74, 6) is 0.577. The van der Waals surface area contributed by atoms with Crippen molar-refractivity contribution in [2.75, 3.05) is 0 Å². The van der Waals surface area contributed by atoms with Crippen molar-refractivity contribution in [3.05, 3.63) is 28.3 Å². The van der Waals surface area contributed by atoms with E-state index in [2.05, 4.69) is 27.7 Å². The molecule has 1 N–H and O–H groups in total. The third-order valence-corrected chi connectivity index (χ3v) is 5.22. The Morgan fingerprint density at radius 1 is 0.741 bits per heavy atom. The first-order chi connectivity index (χ1) is 13.1. The minimum absolute atomic E-state index is 0.577. The molecular weight excluding hydrogens is 336 g/mol. The summed E-state index contributed by atoms with van der Waals surface area (Å²) in [6, 6.07) is 2.04. The number of hydrogen-bond donors (Lipinski definition) is 1. The zero-order valence-electron chi connectivity index (χ0n) is 18.0. The molecule has 0 aliphatic carbocycles. The SMILES string of the molecule is CCCCCCCCc1cc(OC(=O)O)c(CCC)c(CCC)c1CCC. The fourth-order valence-corrected chi connectivity index (χ4v) is 4.00. The van der Waals surface area contributed by atoms with Gasteiger partial charge in [0.15, 0.2) is 0 Å². The number of rotatable bonds is 14. The number of hydrogen-bond acceptors (Lipinski definition) is 2. The predicted molar refractivity (Wildman–Crippen MR) is 114 cm³/mol. The highest BCUT2D eigenvalue weighted by atomic mass is 16.7. The van der Waals surface area contributed by atoms with Gasteiger partial charge in [0.05, 0.1) is 0 Å². The molecule has 27 heavy (non-hydrogen) atoms. The van der Waals surface area contributed by atoms with Gasteiger partial charge in [-0.05, 0) is 60.4 Å². The van der Waals surface area contributed by atoms with Crippen molar-refractivity contribution < 1.29 is 14.6 Å². The standard InChI is InChI=1S/C24H40O3/c1-5-9-10-11-12-13-17-19-18-23(27-24(25)26)22(16-8-4)21(15-7-3)20(19)14-6-2/h18H,5-17H2,1-4H3,(H,25,26). The number of benzene rings is 1. The van der Waals surface area contributed by atoms with Gasteiger partial charge in [0, 0.05) is 0 Å². The predicted octanol–water partition coefficient (Wildman–Crippen LogP) is 7.50. The number of carbonyl (C=O) groups is 1. The number of unbranched alkanes of at least 4 members (excludes halogenated alkanes) is 5. The van der Waals surface area contributed by atoms with Crippen LogP contribution in [0.5, 0.6) is 5.75 Å². The van der Waals surface area contributed by atoms with Crippen molar-refractivity contribution in [1.29, 1.82) is 0 Å². The Morgan fingerprint density at radius 2 is 1.30 bits per heavy atom. The molecular formula is C24H40O3. The van der Waals surface area contributed by atoms with Crippen LogP contribution in [0, 0.1) is 0 Å². The van der Waals surface area contributed by atoms with Gasteiger partial charge in [0.1, 0.15) is 5.75 Å². The van der Waals surface area contributed by atoms with Gasteiger partial charge in [-0.2, -0.15) is 0 Å². The molecule has 1 aromatic carbocycles. The monoisotopic (exact) mass is 376 g/mol. The highest BCUT2D eigenvalue weighted by Gasteiger charge is 2.19. The molecule has 3 nitrogen and oxygen atoms in total. The van der Waals surface area contributed by atoms with Gasteiger partial charge >= 0.3 is 6.16 Å². The fourth-order valence-electron chi connectivity index (χ4n) is 4.00. The normalized spacial score (nSPS) is 11.0. The molecule has 3 heteroatoms. The lowest BCUT2D eigenvalue weighted by Gasteiger charge is -2.21. The Kier molecular flexibility index (Phi) is 11.9. The van der Waals surface area contributed by atoms with E-state index in [1.54, 1.807) is 0 Å². The van der Waals surface area contributed by atoms with Gasteiger partial charge < -0.3 is 9.84 Å². The summed E-state index contributed by atoms with van der Waals surface area (Å²) in [6.45, 7) is 8.81. The summed E-state index contributed by atoms with van der Waals surface area (Å²) in [7, 11) is 0. The zero-order chi connectivity index (χ0) is 20.1. The van der Waals surface area contributed by atoms with E-state index in [0.29, 0.717) is 5.75 Å². The van der Waals surface area contributed by atoms with E-state index in [1.807, 2.05) is 6.07 Å². The average Bonchev–Trinajstić information content (AvgIpc) is 2.63. The molecule has 0 saturated heterocycles. The molecule has 0 amide bonds. The largest absolute Gasteiger partial charge is 0.511 e. The lowest BCUT2D eigenvalue weighted by atomic mass is 9.86. The molecule has 0 aliphatic heterocycles. The van der Waals surface area contributed by atoms with Crippen molar-refractivity contribution >= 4 is 6.16 Å². The molecule has 1 rings (SSSR count). The van der Waals surface area contributed by atoms with Crippen molar-refractivity contribution in [3.8, 4) is 5.75 Å². The minimum atomic E-state index is -1.21. The van der Waals surface area contributed by atoms with Crippen molar-refractivity contribution in [2.45, 2.75) is 111 Å². The van der Waals surface area contributed by atoms with Crippen LogP contribution in [0.3, 0.4) is 0 Å². The van der Waals surface area contributed by atoms with Gasteiger partial charge in [-0.1, -0.05) is 79.1 Å². The van der Waals surface area contributed by atoms with E-state index >= 15 is 0 Å². The van der Waals surface area contributed by atoms with E-state index in [4.69, 9.17) is 4.74 Å². The average molecular weight is 377 g/mol. The molecule has 0 saturated carbocycles. The summed E-state index contributed by atoms with van der Waals surface area (Å²) >= 11 is 0. The summed E-state index contributed by atoms with van der Waals surface area (Å²) in [4.78, 5) is 11.3. The second kappa shape index (κ2) is 13.6. The van der Waals surface area contributed by atoms with Gasteiger partial charge in [-0.25, -0.2) is 4.79 Å². The van der Waals surface area contributed by atoms with Crippen LogP contribution in [0.2, 0.25) is 0 Å². The topological polar surface area (TPSA) is 46.5 Å². The molecule has 0 bridgehead atoms. The van der Waals surface area contributed by atoms with Crippen molar-refractivity contribution in [2.24, 2.45) is 0 Å². The third-order valence-electron chi connectivity index (χ3n) is 5.22. The Hall–Kier alpha value is -1.51. The maximum atomic E-state index is 11.3. The Morgan fingerprint density at radius 3 is 1.89 bits per heavy atom. The maximum absolute atomic E-state index is 11.3. The lowest BCUT2D eigenvalue weighted by Crippen LogP contribution is -2.11. The van der Waals surface area contributed by atoms with Gasteiger partial charge in [-0.3, -0.25) is 0 Å². The summed E-state index contributed by atoms with van der Waals surface area (Å²) < 4.78 is 5.23. The highest BCUT2D eigenvalue weighted by molar-refractivity contribution is 5.64. The second-order valence-electron chi connectivity index (χ2n) is 7.61. The van der Waals surface area contributed by atoms with Crippen LogP contribution < -0.4 is 4.74 Å². The van der Waals surface area contributed by atoms with Crippen molar-refractivity contribution in [1.82, 2.24) is 0 Å². The molecule has 0 aliphatic rings. The first kappa shape index (κ1) is 23.5. The first-order valence-electron chi connectivity index (χ1n) is 11.2. The van der Waals surface area contributed by atoms with E-state index in [-0.39, 0.29) is 0 Å². The van der Waals surface area contributed by atoms with Gasteiger partial charge in [0.2, 0.25) is 0 Å². The third kappa shape index (κ3) is 7.94. The Balaban J connectivity index is 3.16. The molecule has 0 heterocycles. The molecule has 154 valence electrons. The summed E-state index contributed by atoms with van der Waals surface area (Å²) in [5, 5.41) is 9.22. The minimum Gasteiger partial charge on any atom is -0.449 e. The number of ether oxygens (including phenoxy) is 1. The number of aryl methyl sites for hydroxylation is 1. The Labute approximate surface area is 166 Å². The van der Waals surface area contributed by atoms with Crippen LogP contribution in [-0.2, 0) is 25.7 Å². The number of carboxylic acid groups (broad SMARTS) is 1. The van der Waals surface area contributed by atoms with Crippen LogP contribution in [-0.4, -0.2) is 11.3 Å². The molecule has 0 aromatic heterocycles. The van der Waals surface area contributed by atoms with Crippen LogP contribution in [0.4, 0.5) is 4.79 Å². The van der Waals surface area contributed by atoms with E-state index in [9.17, 15) is 9.90 Å². The molecule has 0 atom stereocenters. The fraction of sp³-hybridized carbons (Fsp3) is 0.708. The van der Waals surface area contributed by atoms with Gasteiger partial charge in [0.25, 0.3) is 0 Å². The molecule has 0 spiro atoms. The van der Waals surface area contributed by atoms with Gasteiger partial charge in [-0.15, -0.1) is 0 Å².